The number of hydrogen-bond donors (Lipinski definition) is 1. The summed E-state index contributed by atoms with van der Waals surface area (Å²) >= 11 is 0. The van der Waals surface area contributed by atoms with Gasteiger partial charge in [0.05, 0.1) is 29.7 Å². The molecule has 156 valence electrons. The predicted molar refractivity (Wildman–Crippen MR) is 120 cm³/mol. The number of benzene rings is 2. The van der Waals surface area contributed by atoms with Gasteiger partial charge < -0.3 is 19.0 Å². The monoisotopic (exact) mass is 404 g/mol. The van der Waals surface area contributed by atoms with Crippen LogP contribution in [-0.4, -0.2) is 41.5 Å². The molecule has 2 saturated heterocycles. The van der Waals surface area contributed by atoms with Crippen LogP contribution in [0, 0.1) is 0 Å². The van der Waals surface area contributed by atoms with Gasteiger partial charge >= 0.3 is 7.12 Å². The SMILES string of the molecule is CC1(C)OB(c2ccc3cc(-c4cnc([C@H]5CCCOC5)[nH]4)ccc3c2)OC1(C)C. The number of aromatic amines is 1. The summed E-state index contributed by atoms with van der Waals surface area (Å²) < 4.78 is 18.0. The van der Waals surface area contributed by atoms with Crippen LogP contribution < -0.4 is 5.46 Å². The Morgan fingerprint density at radius 2 is 1.73 bits per heavy atom. The predicted octanol–water partition coefficient (Wildman–Crippen LogP) is 4.42. The van der Waals surface area contributed by atoms with Crippen molar-refractivity contribution in [3.63, 3.8) is 0 Å². The molecule has 0 bridgehead atoms. The van der Waals surface area contributed by atoms with Gasteiger partial charge in [0.25, 0.3) is 0 Å². The van der Waals surface area contributed by atoms with E-state index in [1.807, 2.05) is 6.20 Å². The van der Waals surface area contributed by atoms with Crippen molar-refractivity contribution in [1.82, 2.24) is 9.97 Å². The highest BCUT2D eigenvalue weighted by atomic mass is 16.7. The van der Waals surface area contributed by atoms with E-state index in [1.165, 1.54) is 10.8 Å². The summed E-state index contributed by atoms with van der Waals surface area (Å²) in [5.41, 5.74) is 2.57. The molecule has 5 nitrogen and oxygen atoms in total. The number of rotatable bonds is 3. The molecule has 1 aromatic heterocycles. The molecule has 5 rings (SSSR count). The Bertz CT molecular complexity index is 1050. The van der Waals surface area contributed by atoms with Gasteiger partial charge in [0.2, 0.25) is 0 Å². The Balaban J connectivity index is 1.40. The quantitative estimate of drug-likeness (QED) is 0.657. The first-order chi connectivity index (χ1) is 14.3. The number of nitrogens with zero attached hydrogens (tertiary/aromatic N) is 1. The van der Waals surface area contributed by atoms with E-state index in [9.17, 15) is 0 Å². The third-order valence-electron chi connectivity index (χ3n) is 6.84. The van der Waals surface area contributed by atoms with Gasteiger partial charge in [0.15, 0.2) is 0 Å². The Morgan fingerprint density at radius 1 is 1.00 bits per heavy atom. The van der Waals surface area contributed by atoms with Gasteiger partial charge in [-0.3, -0.25) is 0 Å². The number of imidazole rings is 1. The van der Waals surface area contributed by atoms with E-state index in [4.69, 9.17) is 14.0 Å². The van der Waals surface area contributed by atoms with Gasteiger partial charge in [-0.25, -0.2) is 4.98 Å². The van der Waals surface area contributed by atoms with E-state index in [2.05, 4.69) is 74.1 Å². The number of ether oxygens (including phenoxy) is 1. The minimum atomic E-state index is -0.341. The number of nitrogens with one attached hydrogen (secondary N) is 1. The summed E-state index contributed by atoms with van der Waals surface area (Å²) in [5.74, 6) is 1.40. The van der Waals surface area contributed by atoms with E-state index >= 15 is 0 Å². The summed E-state index contributed by atoms with van der Waals surface area (Å²) in [5, 5.41) is 2.36. The number of hydrogen-bond acceptors (Lipinski definition) is 4. The fourth-order valence-corrected chi connectivity index (χ4v) is 4.20. The summed E-state index contributed by atoms with van der Waals surface area (Å²) in [7, 11) is -0.341. The average Bonchev–Trinajstić information content (AvgIpc) is 3.30. The van der Waals surface area contributed by atoms with E-state index in [1.54, 1.807) is 0 Å². The first-order valence-electron chi connectivity index (χ1n) is 10.8. The van der Waals surface area contributed by atoms with Crippen molar-refractivity contribution in [3.8, 4) is 11.3 Å². The molecule has 30 heavy (non-hydrogen) atoms. The number of aromatic nitrogens is 2. The second-order valence-electron chi connectivity index (χ2n) is 9.51. The Kier molecular flexibility index (Phi) is 4.77. The van der Waals surface area contributed by atoms with Gasteiger partial charge in [-0.15, -0.1) is 0 Å². The Labute approximate surface area is 178 Å². The lowest BCUT2D eigenvalue weighted by Crippen LogP contribution is -2.41. The first kappa shape index (κ1) is 19.8. The molecule has 2 aromatic carbocycles. The molecule has 0 amide bonds. The van der Waals surface area contributed by atoms with Crippen molar-refractivity contribution >= 4 is 23.4 Å². The number of fused-ring (bicyclic) bond motifs is 1. The standard InChI is InChI=1S/C24H29BN2O3/c1-23(2)24(3,4)30-25(29-23)20-10-9-16-12-18(8-7-17(16)13-20)21-14-26-22(27-21)19-6-5-11-28-15-19/h7-10,12-14,19H,5-6,11,15H2,1-4H3,(H,26,27)/t19-/m0/s1. The molecule has 1 N–H and O–H groups in total. The fraction of sp³-hybridized carbons (Fsp3) is 0.458. The molecule has 2 aliphatic heterocycles. The van der Waals surface area contributed by atoms with Crippen molar-refractivity contribution in [2.75, 3.05) is 13.2 Å². The molecule has 0 radical (unpaired) electrons. The van der Waals surface area contributed by atoms with Crippen LogP contribution in [-0.2, 0) is 14.0 Å². The minimum absolute atomic E-state index is 0.335. The van der Waals surface area contributed by atoms with Crippen LogP contribution in [0.1, 0.15) is 52.3 Å². The molecule has 2 fully saturated rings. The molecule has 3 aromatic rings. The van der Waals surface area contributed by atoms with Crippen molar-refractivity contribution < 1.29 is 14.0 Å². The van der Waals surface area contributed by atoms with E-state index in [0.29, 0.717) is 5.92 Å². The zero-order valence-electron chi connectivity index (χ0n) is 18.2. The van der Waals surface area contributed by atoms with E-state index < -0.39 is 0 Å². The topological polar surface area (TPSA) is 56.4 Å². The second kappa shape index (κ2) is 7.22. The van der Waals surface area contributed by atoms with Gasteiger partial charge in [-0.1, -0.05) is 30.3 Å². The molecule has 2 aliphatic rings. The highest BCUT2D eigenvalue weighted by Crippen LogP contribution is 2.36. The third kappa shape index (κ3) is 3.47. The lowest BCUT2D eigenvalue weighted by molar-refractivity contribution is 0.00578. The molecule has 0 spiro atoms. The molecular weight excluding hydrogens is 375 g/mol. The largest absolute Gasteiger partial charge is 0.494 e. The van der Waals surface area contributed by atoms with Gasteiger partial charge in [0.1, 0.15) is 5.82 Å². The smallest absolute Gasteiger partial charge is 0.399 e. The molecule has 0 saturated carbocycles. The van der Waals surface area contributed by atoms with Gasteiger partial charge in [-0.2, -0.15) is 0 Å². The van der Waals surface area contributed by atoms with Crippen LogP contribution >= 0.6 is 0 Å². The highest BCUT2D eigenvalue weighted by Gasteiger charge is 2.51. The molecule has 3 heterocycles. The lowest BCUT2D eigenvalue weighted by atomic mass is 9.78. The summed E-state index contributed by atoms with van der Waals surface area (Å²) in [6, 6.07) is 12.9. The third-order valence-corrected chi connectivity index (χ3v) is 6.84. The van der Waals surface area contributed by atoms with Crippen LogP contribution in [0.25, 0.3) is 22.0 Å². The maximum Gasteiger partial charge on any atom is 0.494 e. The number of H-pyrrole nitrogens is 1. The van der Waals surface area contributed by atoms with Crippen LogP contribution in [0.4, 0.5) is 0 Å². The molecule has 1 atom stereocenters. The fourth-order valence-electron chi connectivity index (χ4n) is 4.20. The van der Waals surface area contributed by atoms with Gasteiger partial charge in [0, 0.05) is 18.1 Å². The lowest BCUT2D eigenvalue weighted by Gasteiger charge is -2.32. The van der Waals surface area contributed by atoms with Crippen molar-refractivity contribution in [2.45, 2.75) is 57.7 Å². The zero-order valence-corrected chi connectivity index (χ0v) is 18.2. The van der Waals surface area contributed by atoms with Crippen LogP contribution in [0.5, 0.6) is 0 Å². The maximum absolute atomic E-state index is 6.21. The summed E-state index contributed by atoms with van der Waals surface area (Å²) in [4.78, 5) is 8.13. The van der Waals surface area contributed by atoms with Crippen molar-refractivity contribution in [1.29, 1.82) is 0 Å². The molecule has 0 unspecified atom stereocenters. The molecular formula is C24H29BN2O3. The van der Waals surface area contributed by atoms with Crippen molar-refractivity contribution in [2.24, 2.45) is 0 Å². The normalized spacial score (nSPS) is 23.2. The molecule has 6 heteroatoms. The van der Waals surface area contributed by atoms with E-state index in [0.717, 1.165) is 48.6 Å². The van der Waals surface area contributed by atoms with Gasteiger partial charge in [-0.05, 0) is 62.8 Å². The second-order valence-corrected chi connectivity index (χ2v) is 9.51. The van der Waals surface area contributed by atoms with E-state index in [-0.39, 0.29) is 18.3 Å². The van der Waals surface area contributed by atoms with Crippen LogP contribution in [0.2, 0.25) is 0 Å². The maximum atomic E-state index is 6.21. The Hall–Kier alpha value is -2.15. The highest BCUT2D eigenvalue weighted by molar-refractivity contribution is 6.62. The van der Waals surface area contributed by atoms with Crippen molar-refractivity contribution in [3.05, 3.63) is 48.4 Å². The summed E-state index contributed by atoms with van der Waals surface area (Å²) in [6.07, 6.45) is 4.16. The first-order valence-corrected chi connectivity index (χ1v) is 10.8. The van der Waals surface area contributed by atoms with Crippen LogP contribution in [0.15, 0.2) is 42.6 Å². The average molecular weight is 404 g/mol. The Morgan fingerprint density at radius 3 is 2.47 bits per heavy atom. The zero-order chi connectivity index (χ0) is 20.9. The summed E-state index contributed by atoms with van der Waals surface area (Å²) in [6.45, 7) is 9.95. The minimum Gasteiger partial charge on any atom is -0.399 e. The van der Waals surface area contributed by atoms with Crippen LogP contribution in [0.3, 0.4) is 0 Å². The molecule has 0 aliphatic carbocycles.